The van der Waals surface area contributed by atoms with Crippen LogP contribution >= 0.6 is 11.6 Å². The number of anilines is 2. The topological polar surface area (TPSA) is 53.0 Å². The number of nitrogens with zero attached hydrogens (tertiary/aromatic N) is 2. The van der Waals surface area contributed by atoms with Crippen molar-refractivity contribution >= 4 is 29.1 Å². The van der Waals surface area contributed by atoms with Crippen molar-refractivity contribution in [1.29, 1.82) is 0 Å². The van der Waals surface area contributed by atoms with E-state index in [2.05, 4.69) is 4.90 Å². The predicted octanol–water partition coefficient (Wildman–Crippen LogP) is 3.77. The van der Waals surface area contributed by atoms with Gasteiger partial charge in [-0.3, -0.25) is 4.90 Å². The molecule has 140 valence electrons. The summed E-state index contributed by atoms with van der Waals surface area (Å²) in [6, 6.07) is 4.69. The zero-order valence-corrected chi connectivity index (χ0v) is 15.3. The van der Waals surface area contributed by atoms with Gasteiger partial charge in [-0.1, -0.05) is 12.8 Å². The normalized spacial score (nSPS) is 16.2. The van der Waals surface area contributed by atoms with Crippen LogP contribution in [0.15, 0.2) is 18.2 Å². The van der Waals surface area contributed by atoms with Gasteiger partial charge in [-0.05, 0) is 38.0 Å². The second-order valence-electron chi connectivity index (χ2n) is 6.15. The number of amides is 1. The molecular weight excluding hydrogens is 347 g/mol. The molecule has 1 saturated heterocycles. The maximum atomic E-state index is 14.7. The van der Waals surface area contributed by atoms with Gasteiger partial charge in [0, 0.05) is 13.1 Å². The third-order valence-electron chi connectivity index (χ3n) is 4.25. The zero-order chi connectivity index (χ0) is 18.2. The van der Waals surface area contributed by atoms with Crippen molar-refractivity contribution in [2.45, 2.75) is 38.7 Å². The van der Waals surface area contributed by atoms with Crippen LogP contribution in [0.2, 0.25) is 0 Å². The lowest BCUT2D eigenvalue weighted by molar-refractivity contribution is 0.150. The molecule has 0 aromatic heterocycles. The van der Waals surface area contributed by atoms with Crippen LogP contribution < -0.4 is 9.80 Å². The van der Waals surface area contributed by atoms with Crippen LogP contribution in [0.4, 0.5) is 20.6 Å². The largest absolute Gasteiger partial charge is 0.449 e. The minimum Gasteiger partial charge on any atom is -0.449 e. The summed E-state index contributed by atoms with van der Waals surface area (Å²) in [6.07, 6.45) is 2.90. The molecule has 0 radical (unpaired) electrons. The molecule has 7 heteroatoms. The van der Waals surface area contributed by atoms with Crippen LogP contribution in [0.1, 0.15) is 32.6 Å². The molecule has 2 rings (SSSR count). The fourth-order valence-corrected chi connectivity index (χ4v) is 3.08. The fraction of sp³-hybridized carbons (Fsp3) is 0.611. The summed E-state index contributed by atoms with van der Waals surface area (Å²) >= 11 is 5.63. The number of rotatable bonds is 6. The lowest BCUT2D eigenvalue weighted by Crippen LogP contribution is -2.39. The first-order chi connectivity index (χ1) is 12.1. The average molecular weight is 373 g/mol. The summed E-state index contributed by atoms with van der Waals surface area (Å²) in [5, 5.41) is 9.78. The molecule has 5 nitrogen and oxygen atoms in total. The number of aliphatic hydroxyl groups excluding tert-OH is 1. The molecule has 1 amide bonds. The van der Waals surface area contributed by atoms with Crippen molar-refractivity contribution in [2.75, 3.05) is 41.9 Å². The first kappa shape index (κ1) is 19.8. The van der Waals surface area contributed by atoms with E-state index in [0.29, 0.717) is 11.4 Å². The molecule has 0 unspecified atom stereocenters. The molecule has 0 saturated carbocycles. The summed E-state index contributed by atoms with van der Waals surface area (Å²) in [5.41, 5.74) is 0.894. The lowest BCUT2D eigenvalue weighted by Gasteiger charge is -2.26. The third-order valence-corrected chi connectivity index (χ3v) is 4.61. The van der Waals surface area contributed by atoms with Crippen LogP contribution in [0.5, 0.6) is 0 Å². The quantitative estimate of drug-likeness (QED) is 0.772. The molecule has 1 N–H and O–H groups in total. The van der Waals surface area contributed by atoms with Gasteiger partial charge in [-0.15, -0.1) is 11.6 Å². The number of hydrogen-bond acceptors (Lipinski definition) is 4. The van der Waals surface area contributed by atoms with Gasteiger partial charge < -0.3 is 14.7 Å². The first-order valence-corrected chi connectivity index (χ1v) is 9.33. The van der Waals surface area contributed by atoms with Crippen LogP contribution in [-0.4, -0.2) is 49.4 Å². The van der Waals surface area contributed by atoms with Gasteiger partial charge in [0.2, 0.25) is 0 Å². The summed E-state index contributed by atoms with van der Waals surface area (Å²) in [4.78, 5) is 15.4. The molecule has 1 aliphatic rings. The highest BCUT2D eigenvalue weighted by Gasteiger charge is 2.22. The summed E-state index contributed by atoms with van der Waals surface area (Å²) in [5.74, 6) is -0.404. The summed E-state index contributed by atoms with van der Waals surface area (Å²) in [6.45, 7) is 3.51. The number of carbonyl (C=O) groups excluding carboxylic acids is 1. The van der Waals surface area contributed by atoms with E-state index < -0.39 is 12.2 Å². The van der Waals surface area contributed by atoms with Crippen molar-refractivity contribution in [3.63, 3.8) is 0 Å². The van der Waals surface area contributed by atoms with Crippen LogP contribution in [0, 0.1) is 5.82 Å². The number of benzene rings is 1. The number of aliphatic hydroxyl groups is 1. The smallest absolute Gasteiger partial charge is 0.414 e. The Morgan fingerprint density at radius 2 is 2.04 bits per heavy atom. The zero-order valence-electron chi connectivity index (χ0n) is 14.6. The highest BCUT2D eigenvalue weighted by molar-refractivity contribution is 6.18. The second-order valence-corrected chi connectivity index (χ2v) is 6.46. The molecule has 1 aliphatic heterocycles. The predicted molar refractivity (Wildman–Crippen MR) is 98.2 cm³/mol. The number of carbonyl (C=O) groups is 1. The van der Waals surface area contributed by atoms with Crippen LogP contribution in [0.25, 0.3) is 0 Å². The molecule has 0 spiro atoms. The minimum atomic E-state index is -0.917. The van der Waals surface area contributed by atoms with Gasteiger partial charge in [0.1, 0.15) is 5.82 Å². The van der Waals surface area contributed by atoms with Crippen molar-refractivity contribution in [3.8, 4) is 0 Å². The van der Waals surface area contributed by atoms with Gasteiger partial charge in [0.15, 0.2) is 0 Å². The minimum absolute atomic E-state index is 0.0236. The molecule has 1 aromatic rings. The number of hydrogen-bond donors (Lipinski definition) is 1. The van der Waals surface area contributed by atoms with E-state index in [9.17, 15) is 14.3 Å². The Balaban J connectivity index is 2.22. The Morgan fingerprint density at radius 3 is 2.60 bits per heavy atom. The lowest BCUT2D eigenvalue weighted by atomic mass is 10.2. The third kappa shape index (κ3) is 5.47. The monoisotopic (exact) mass is 372 g/mol. The standard InChI is InChI=1S/C18H26ClFN2O3/c1-2-25-18(24)22(13-15(23)12-19)14-7-8-17(16(20)11-14)21-9-5-3-4-6-10-21/h7-8,11,15,23H,2-6,9-10,12-13H2,1H3/t15-/m0/s1. The molecule has 1 atom stereocenters. The average Bonchev–Trinajstić information content (AvgIpc) is 2.88. The molecule has 1 heterocycles. The fourth-order valence-electron chi connectivity index (χ4n) is 2.98. The molecule has 0 bridgehead atoms. The SMILES string of the molecule is CCOC(=O)N(C[C@@H](O)CCl)c1ccc(N2CCCCCC2)c(F)c1. The van der Waals surface area contributed by atoms with E-state index in [-0.39, 0.29) is 24.8 Å². The van der Waals surface area contributed by atoms with Gasteiger partial charge in [-0.2, -0.15) is 0 Å². The molecule has 1 fully saturated rings. The highest BCUT2D eigenvalue weighted by atomic mass is 35.5. The Morgan fingerprint density at radius 1 is 1.36 bits per heavy atom. The summed E-state index contributed by atoms with van der Waals surface area (Å²) < 4.78 is 19.7. The Labute approximate surface area is 153 Å². The van der Waals surface area contributed by atoms with E-state index in [1.165, 1.54) is 23.8 Å². The van der Waals surface area contributed by atoms with Crippen molar-refractivity contribution in [1.82, 2.24) is 0 Å². The summed E-state index contributed by atoms with van der Waals surface area (Å²) in [7, 11) is 0. The van der Waals surface area contributed by atoms with Crippen molar-refractivity contribution < 1.29 is 19.0 Å². The number of halogens is 2. The maximum absolute atomic E-state index is 14.7. The maximum Gasteiger partial charge on any atom is 0.414 e. The van der Waals surface area contributed by atoms with Crippen molar-refractivity contribution in [2.24, 2.45) is 0 Å². The second kappa shape index (κ2) is 9.82. The van der Waals surface area contributed by atoms with E-state index in [0.717, 1.165) is 25.9 Å². The molecular formula is C18H26ClFN2O3. The molecule has 0 aliphatic carbocycles. The Bertz CT molecular complexity index is 565. The number of ether oxygens (including phenoxy) is 1. The van der Waals surface area contributed by atoms with E-state index in [1.54, 1.807) is 19.1 Å². The van der Waals surface area contributed by atoms with Crippen LogP contribution in [-0.2, 0) is 4.74 Å². The van der Waals surface area contributed by atoms with Gasteiger partial charge in [-0.25, -0.2) is 9.18 Å². The first-order valence-electron chi connectivity index (χ1n) is 8.79. The Kier molecular flexibility index (Phi) is 7.78. The molecule has 1 aromatic carbocycles. The van der Waals surface area contributed by atoms with Gasteiger partial charge in [0.25, 0.3) is 0 Å². The van der Waals surface area contributed by atoms with Crippen LogP contribution in [0.3, 0.4) is 0 Å². The molecule has 25 heavy (non-hydrogen) atoms. The number of alkyl halides is 1. The van der Waals surface area contributed by atoms with Gasteiger partial charge in [0.05, 0.1) is 36.5 Å². The highest BCUT2D eigenvalue weighted by Crippen LogP contribution is 2.27. The van der Waals surface area contributed by atoms with Crippen molar-refractivity contribution in [3.05, 3.63) is 24.0 Å². The van der Waals surface area contributed by atoms with Gasteiger partial charge >= 0.3 is 6.09 Å². The Hall–Kier alpha value is -1.53. The van der Waals surface area contributed by atoms with E-state index in [1.807, 2.05) is 0 Å². The van der Waals surface area contributed by atoms with E-state index in [4.69, 9.17) is 16.3 Å². The van der Waals surface area contributed by atoms with E-state index >= 15 is 0 Å².